The van der Waals surface area contributed by atoms with Crippen molar-refractivity contribution in [1.82, 2.24) is 5.43 Å². The van der Waals surface area contributed by atoms with Gasteiger partial charge in [-0.15, -0.1) is 0 Å². The third-order valence-corrected chi connectivity index (χ3v) is 6.96. The highest BCUT2D eigenvalue weighted by Crippen LogP contribution is 2.29. The molecule has 0 spiro atoms. The first-order valence-corrected chi connectivity index (χ1v) is 12.8. The zero-order valence-corrected chi connectivity index (χ0v) is 23.4. The van der Waals surface area contributed by atoms with Crippen LogP contribution in [-0.2, 0) is 6.61 Å². The average molecular weight is 723 g/mol. The van der Waals surface area contributed by atoms with Crippen LogP contribution in [0, 0.1) is 3.57 Å². The van der Waals surface area contributed by atoms with Gasteiger partial charge < -0.3 is 9.15 Å². The zero-order chi connectivity index (χ0) is 23.5. The summed E-state index contributed by atoms with van der Waals surface area (Å²) in [5.41, 5.74) is 4.74. The maximum absolute atomic E-state index is 12.4. The van der Waals surface area contributed by atoms with E-state index < -0.39 is 5.91 Å². The van der Waals surface area contributed by atoms with Crippen LogP contribution >= 0.6 is 77.7 Å². The van der Waals surface area contributed by atoms with Gasteiger partial charge >= 0.3 is 5.91 Å². The third kappa shape index (κ3) is 6.10. The minimum Gasteiger partial charge on any atom is -0.488 e. The first kappa shape index (κ1) is 24.5. The molecule has 1 amide bonds. The lowest BCUT2D eigenvalue weighted by Crippen LogP contribution is -2.16. The normalized spacial score (nSPS) is 11.3. The number of furan rings is 1. The Bertz CT molecular complexity index is 1390. The molecule has 0 aliphatic carbocycles. The summed E-state index contributed by atoms with van der Waals surface area (Å²) in [5.74, 6) is 0.391. The van der Waals surface area contributed by atoms with E-state index in [0.717, 1.165) is 29.0 Å². The van der Waals surface area contributed by atoms with Crippen molar-refractivity contribution in [2.45, 2.75) is 6.61 Å². The van der Waals surface area contributed by atoms with Crippen molar-refractivity contribution in [3.05, 3.63) is 94.0 Å². The molecule has 0 aliphatic rings. The second-order valence-corrected chi connectivity index (χ2v) is 10.6. The first-order valence-electron chi connectivity index (χ1n) is 9.38. The number of ether oxygens (including phenoxy) is 1. The van der Waals surface area contributed by atoms with Crippen LogP contribution in [0.5, 0.6) is 5.75 Å². The lowest BCUT2D eigenvalue weighted by atomic mass is 10.2. The number of hydrogen-bond acceptors (Lipinski definition) is 4. The lowest BCUT2D eigenvalue weighted by molar-refractivity contribution is 0.0929. The van der Waals surface area contributed by atoms with Crippen molar-refractivity contribution >= 4 is 101 Å². The zero-order valence-electron chi connectivity index (χ0n) is 16.5. The van der Waals surface area contributed by atoms with Gasteiger partial charge in [-0.2, -0.15) is 5.10 Å². The van der Waals surface area contributed by atoms with E-state index in [1.54, 1.807) is 24.3 Å². The molecule has 10 heteroatoms. The lowest BCUT2D eigenvalue weighted by Gasteiger charge is -2.10. The number of amides is 1. The average Bonchev–Trinajstić information content (AvgIpc) is 3.19. The third-order valence-electron chi connectivity index (χ3n) is 4.49. The maximum Gasteiger partial charge on any atom is 0.307 e. The molecule has 1 N–H and O–H groups in total. The maximum atomic E-state index is 12.4. The van der Waals surface area contributed by atoms with E-state index in [-0.39, 0.29) is 5.76 Å². The standard InChI is InChI=1S/C23H13Br2Cl2IN2O3/c24-15-6-14-7-21(33-22(14)19(28)8-15)23(31)30-29-10-12-1-4-20(17(25)5-12)32-11-13-2-3-16(26)9-18(13)27/h1-10H,11H2,(H,30,31)/b29-10-. The number of rotatable bonds is 6. The highest BCUT2D eigenvalue weighted by Gasteiger charge is 2.14. The predicted octanol–water partition coefficient (Wildman–Crippen LogP) is 8.21. The van der Waals surface area contributed by atoms with Gasteiger partial charge in [0.25, 0.3) is 0 Å². The van der Waals surface area contributed by atoms with Gasteiger partial charge in [-0.1, -0.05) is 45.2 Å². The highest BCUT2D eigenvalue weighted by atomic mass is 127. The Morgan fingerprint density at radius 1 is 1.12 bits per heavy atom. The minimum absolute atomic E-state index is 0.184. The minimum atomic E-state index is -0.437. The molecule has 33 heavy (non-hydrogen) atoms. The molecule has 4 rings (SSSR count). The van der Waals surface area contributed by atoms with Crippen LogP contribution in [0.2, 0.25) is 10.0 Å². The fourth-order valence-corrected chi connectivity index (χ4v) is 5.55. The van der Waals surface area contributed by atoms with Crippen molar-refractivity contribution in [3.63, 3.8) is 0 Å². The SMILES string of the molecule is O=C(N/N=C\c1ccc(OCc2ccc(Cl)cc2Cl)c(Br)c1)c1cc2cc(Br)cc(I)c2o1. The second kappa shape index (κ2) is 10.8. The predicted molar refractivity (Wildman–Crippen MR) is 147 cm³/mol. The van der Waals surface area contributed by atoms with E-state index in [0.29, 0.717) is 28.0 Å². The first-order chi connectivity index (χ1) is 15.8. The summed E-state index contributed by atoms with van der Waals surface area (Å²) in [6.07, 6.45) is 1.53. The molecule has 1 aromatic heterocycles. The van der Waals surface area contributed by atoms with Gasteiger partial charge in [-0.25, -0.2) is 5.43 Å². The number of carbonyl (C=O) groups excluding carboxylic acids is 1. The molecule has 4 aromatic rings. The number of hydrazone groups is 1. The van der Waals surface area contributed by atoms with Crippen LogP contribution < -0.4 is 10.2 Å². The summed E-state index contributed by atoms with van der Waals surface area (Å²) in [7, 11) is 0. The van der Waals surface area contributed by atoms with Crippen LogP contribution in [-0.4, -0.2) is 12.1 Å². The molecule has 0 unspecified atom stereocenters. The topological polar surface area (TPSA) is 63.8 Å². The molecule has 0 saturated heterocycles. The van der Waals surface area contributed by atoms with Crippen LogP contribution in [0.15, 0.2) is 73.1 Å². The molecule has 168 valence electrons. The Morgan fingerprint density at radius 2 is 1.94 bits per heavy atom. The van der Waals surface area contributed by atoms with Crippen molar-refractivity contribution in [1.29, 1.82) is 0 Å². The van der Waals surface area contributed by atoms with Crippen LogP contribution in [0.3, 0.4) is 0 Å². The highest BCUT2D eigenvalue weighted by molar-refractivity contribution is 14.1. The molecule has 3 aromatic carbocycles. The molecular formula is C23H13Br2Cl2IN2O3. The van der Waals surface area contributed by atoms with E-state index in [2.05, 4.69) is 65.0 Å². The van der Waals surface area contributed by atoms with E-state index in [1.165, 1.54) is 6.21 Å². The second-order valence-electron chi connectivity index (χ2n) is 6.83. The van der Waals surface area contributed by atoms with E-state index in [9.17, 15) is 4.79 Å². The molecule has 0 aliphatic heterocycles. The molecule has 1 heterocycles. The summed E-state index contributed by atoms with van der Waals surface area (Å²) >= 11 is 21.2. The van der Waals surface area contributed by atoms with Crippen molar-refractivity contribution in [3.8, 4) is 5.75 Å². The number of benzene rings is 3. The van der Waals surface area contributed by atoms with Crippen molar-refractivity contribution < 1.29 is 13.9 Å². The fraction of sp³-hybridized carbons (Fsp3) is 0.0435. The molecule has 5 nitrogen and oxygen atoms in total. The molecule has 0 atom stereocenters. The quantitative estimate of drug-likeness (QED) is 0.124. The monoisotopic (exact) mass is 720 g/mol. The number of hydrogen-bond donors (Lipinski definition) is 1. The van der Waals surface area contributed by atoms with Gasteiger partial charge in [0, 0.05) is 25.5 Å². The van der Waals surface area contributed by atoms with Gasteiger partial charge in [0.05, 0.1) is 14.3 Å². The van der Waals surface area contributed by atoms with Gasteiger partial charge in [-0.3, -0.25) is 4.79 Å². The Kier molecular flexibility index (Phi) is 8.01. The van der Waals surface area contributed by atoms with Crippen LogP contribution in [0.4, 0.5) is 0 Å². The summed E-state index contributed by atoms with van der Waals surface area (Å²) < 4.78 is 14.1. The number of nitrogens with zero attached hydrogens (tertiary/aromatic N) is 1. The van der Waals surface area contributed by atoms with Gasteiger partial charge in [0.15, 0.2) is 5.76 Å². The Hall–Kier alpha value is -1.59. The van der Waals surface area contributed by atoms with E-state index in [4.69, 9.17) is 32.4 Å². The van der Waals surface area contributed by atoms with E-state index >= 15 is 0 Å². The largest absolute Gasteiger partial charge is 0.488 e. The van der Waals surface area contributed by atoms with Gasteiger partial charge in [0.2, 0.25) is 0 Å². The molecule has 0 bridgehead atoms. The van der Waals surface area contributed by atoms with E-state index in [1.807, 2.05) is 30.3 Å². The van der Waals surface area contributed by atoms with Crippen molar-refractivity contribution in [2.24, 2.45) is 5.10 Å². The Balaban J connectivity index is 1.39. The number of fused-ring (bicyclic) bond motifs is 1. The smallest absolute Gasteiger partial charge is 0.307 e. The van der Waals surface area contributed by atoms with Crippen LogP contribution in [0.1, 0.15) is 21.7 Å². The Labute approximate surface area is 229 Å². The fourth-order valence-electron chi connectivity index (χ4n) is 2.92. The summed E-state index contributed by atoms with van der Waals surface area (Å²) in [6.45, 7) is 0.297. The number of halogens is 5. The van der Waals surface area contributed by atoms with Crippen LogP contribution in [0.25, 0.3) is 11.0 Å². The summed E-state index contributed by atoms with van der Waals surface area (Å²) in [5, 5.41) is 5.98. The molecule has 0 radical (unpaired) electrons. The number of carbonyl (C=O) groups is 1. The van der Waals surface area contributed by atoms with Gasteiger partial charge in [-0.05, 0) is 92.6 Å². The summed E-state index contributed by atoms with van der Waals surface area (Å²) in [4.78, 5) is 12.4. The summed E-state index contributed by atoms with van der Waals surface area (Å²) in [6, 6.07) is 16.2. The molecule has 0 fully saturated rings. The molecular weight excluding hydrogens is 710 g/mol. The Morgan fingerprint density at radius 3 is 2.70 bits per heavy atom. The van der Waals surface area contributed by atoms with Crippen molar-refractivity contribution in [2.75, 3.05) is 0 Å². The molecule has 0 saturated carbocycles. The van der Waals surface area contributed by atoms with Gasteiger partial charge in [0.1, 0.15) is 17.9 Å². The number of nitrogens with one attached hydrogen (secondary N) is 1.